The Morgan fingerprint density at radius 2 is 1.52 bits per heavy atom. The minimum absolute atomic E-state index is 0.216. The first kappa shape index (κ1) is 20.5. The maximum Gasteiger partial charge on any atom is 0.276 e. The fraction of sp³-hybridized carbons (Fsp3) is 0.292. The van der Waals surface area contributed by atoms with Crippen molar-refractivity contribution in [3.63, 3.8) is 0 Å². The number of carbonyl (C=O) groups is 1. The molecule has 5 nitrogen and oxygen atoms in total. The monoisotopic (exact) mass is 389 g/mol. The Morgan fingerprint density at radius 1 is 0.897 bits per heavy atom. The second-order valence-electron chi connectivity index (χ2n) is 7.78. The molecule has 0 aliphatic rings. The molecule has 2 aromatic carbocycles. The fourth-order valence-electron chi connectivity index (χ4n) is 3.31. The number of rotatable bonds is 6. The highest BCUT2D eigenvalue weighted by Crippen LogP contribution is 2.32. The number of amides is 1. The van der Waals surface area contributed by atoms with Gasteiger partial charge in [0, 0.05) is 11.8 Å². The Balaban J connectivity index is 1.93. The number of benzene rings is 2. The highest BCUT2D eigenvalue weighted by molar-refractivity contribution is 6.03. The molecule has 0 aliphatic heterocycles. The normalized spacial score (nSPS) is 11.1. The van der Waals surface area contributed by atoms with E-state index in [0.717, 1.165) is 22.4 Å². The summed E-state index contributed by atoms with van der Waals surface area (Å²) in [5.74, 6) is 0.217. The van der Waals surface area contributed by atoms with E-state index in [4.69, 9.17) is 0 Å². The third kappa shape index (κ3) is 4.80. The van der Waals surface area contributed by atoms with Crippen molar-refractivity contribution in [2.24, 2.45) is 0 Å². The van der Waals surface area contributed by atoms with Crippen LogP contribution in [0.5, 0.6) is 0 Å². The number of nitrogens with one attached hydrogen (secondary N) is 1. The molecular weight excluding hydrogens is 362 g/mol. The molecule has 0 saturated carbocycles. The quantitative estimate of drug-likeness (QED) is 0.659. The van der Waals surface area contributed by atoms with Crippen molar-refractivity contribution in [3.05, 3.63) is 93.4 Å². The van der Waals surface area contributed by atoms with Gasteiger partial charge in [-0.05, 0) is 34.6 Å². The molecule has 150 valence electrons. The largest absolute Gasteiger partial charge is 0.320 e. The van der Waals surface area contributed by atoms with Crippen LogP contribution in [0.25, 0.3) is 0 Å². The molecule has 0 aliphatic carbocycles. The summed E-state index contributed by atoms with van der Waals surface area (Å²) in [4.78, 5) is 25.2. The van der Waals surface area contributed by atoms with Gasteiger partial charge in [-0.25, -0.2) is 4.68 Å². The average molecular weight is 389 g/mol. The lowest BCUT2D eigenvalue weighted by Gasteiger charge is -2.20. The molecule has 1 heterocycles. The molecule has 0 bridgehead atoms. The molecule has 0 radical (unpaired) electrons. The van der Waals surface area contributed by atoms with E-state index in [1.807, 2.05) is 48.5 Å². The van der Waals surface area contributed by atoms with E-state index >= 15 is 0 Å². The second kappa shape index (κ2) is 8.86. The highest BCUT2D eigenvalue weighted by atomic mass is 16.2. The topological polar surface area (TPSA) is 64.0 Å². The number of para-hydroxylation sites is 1. The summed E-state index contributed by atoms with van der Waals surface area (Å²) in [6, 6.07) is 18.6. The van der Waals surface area contributed by atoms with Crippen molar-refractivity contribution >= 4 is 11.6 Å². The van der Waals surface area contributed by atoms with Crippen molar-refractivity contribution < 1.29 is 4.79 Å². The smallest absolute Gasteiger partial charge is 0.276 e. The maximum absolute atomic E-state index is 13.0. The number of carbonyl (C=O) groups excluding carboxylic acids is 1. The summed E-state index contributed by atoms with van der Waals surface area (Å²) in [6.45, 7) is 8.74. The standard InChI is InChI=1S/C24H27N3O2/c1-16(2)19-11-8-12-20(17(3)4)23(19)25-24(29)21-13-14-22(28)27(26-21)15-18-9-6-5-7-10-18/h5-14,16-17H,15H2,1-4H3,(H,25,29). The minimum atomic E-state index is -0.318. The first-order chi connectivity index (χ1) is 13.9. The molecule has 29 heavy (non-hydrogen) atoms. The van der Waals surface area contributed by atoms with Crippen molar-refractivity contribution in [3.8, 4) is 0 Å². The Labute approximate surface area is 171 Å². The van der Waals surface area contributed by atoms with Gasteiger partial charge in [-0.3, -0.25) is 9.59 Å². The molecule has 5 heteroatoms. The summed E-state index contributed by atoms with van der Waals surface area (Å²) >= 11 is 0. The van der Waals surface area contributed by atoms with Crippen LogP contribution in [0.15, 0.2) is 65.5 Å². The summed E-state index contributed by atoms with van der Waals surface area (Å²) < 4.78 is 1.32. The van der Waals surface area contributed by atoms with E-state index < -0.39 is 0 Å². The average Bonchev–Trinajstić information content (AvgIpc) is 2.70. The van der Waals surface area contributed by atoms with Crippen LogP contribution in [0.1, 0.15) is 66.7 Å². The van der Waals surface area contributed by atoms with Crippen LogP contribution in [0.4, 0.5) is 5.69 Å². The van der Waals surface area contributed by atoms with Crippen LogP contribution in [0.3, 0.4) is 0 Å². The molecule has 0 unspecified atom stereocenters. The van der Waals surface area contributed by atoms with E-state index in [9.17, 15) is 9.59 Å². The molecule has 0 spiro atoms. The maximum atomic E-state index is 13.0. The van der Waals surface area contributed by atoms with Gasteiger partial charge < -0.3 is 5.32 Å². The van der Waals surface area contributed by atoms with Crippen LogP contribution in [0.2, 0.25) is 0 Å². The summed E-state index contributed by atoms with van der Waals surface area (Å²) in [5, 5.41) is 7.36. The lowest BCUT2D eigenvalue weighted by Crippen LogP contribution is -2.27. The van der Waals surface area contributed by atoms with Gasteiger partial charge in [0.2, 0.25) is 0 Å². The van der Waals surface area contributed by atoms with Crippen LogP contribution in [-0.2, 0) is 6.54 Å². The van der Waals surface area contributed by atoms with Crippen molar-refractivity contribution in [2.45, 2.75) is 46.1 Å². The zero-order chi connectivity index (χ0) is 21.0. The van der Waals surface area contributed by atoms with Gasteiger partial charge in [0.25, 0.3) is 11.5 Å². The summed E-state index contributed by atoms with van der Waals surface area (Å²) in [5.41, 5.74) is 3.94. The lowest BCUT2D eigenvalue weighted by molar-refractivity contribution is 0.101. The van der Waals surface area contributed by atoms with Crippen LogP contribution < -0.4 is 10.9 Å². The van der Waals surface area contributed by atoms with E-state index in [0.29, 0.717) is 6.54 Å². The zero-order valence-corrected chi connectivity index (χ0v) is 17.3. The Hall–Kier alpha value is -3.21. The van der Waals surface area contributed by atoms with Gasteiger partial charge in [0.05, 0.1) is 6.54 Å². The molecule has 1 amide bonds. The molecule has 0 saturated heterocycles. The SMILES string of the molecule is CC(C)c1cccc(C(C)C)c1NC(=O)c1ccc(=O)n(Cc2ccccc2)n1. The van der Waals surface area contributed by atoms with E-state index in [-0.39, 0.29) is 29.0 Å². The lowest BCUT2D eigenvalue weighted by atomic mass is 9.92. The summed E-state index contributed by atoms with van der Waals surface area (Å²) in [6.07, 6.45) is 0. The van der Waals surface area contributed by atoms with Crippen LogP contribution in [-0.4, -0.2) is 15.7 Å². The molecule has 3 rings (SSSR count). The first-order valence-corrected chi connectivity index (χ1v) is 9.93. The number of hydrogen-bond donors (Lipinski definition) is 1. The van der Waals surface area contributed by atoms with Crippen molar-refractivity contribution in [2.75, 3.05) is 5.32 Å². The third-order valence-electron chi connectivity index (χ3n) is 4.89. The second-order valence-corrected chi connectivity index (χ2v) is 7.78. The number of aromatic nitrogens is 2. The zero-order valence-electron chi connectivity index (χ0n) is 17.3. The fourth-order valence-corrected chi connectivity index (χ4v) is 3.31. The van der Waals surface area contributed by atoms with E-state index in [1.54, 1.807) is 0 Å². The van der Waals surface area contributed by atoms with Gasteiger partial charge in [-0.15, -0.1) is 0 Å². The molecule has 3 aromatic rings. The van der Waals surface area contributed by atoms with E-state index in [2.05, 4.69) is 38.1 Å². The molecule has 1 aromatic heterocycles. The minimum Gasteiger partial charge on any atom is -0.320 e. The van der Waals surface area contributed by atoms with E-state index in [1.165, 1.54) is 16.8 Å². The third-order valence-corrected chi connectivity index (χ3v) is 4.89. The molecule has 0 atom stereocenters. The Kier molecular flexibility index (Phi) is 6.27. The first-order valence-electron chi connectivity index (χ1n) is 9.93. The van der Waals surface area contributed by atoms with Crippen molar-refractivity contribution in [1.82, 2.24) is 9.78 Å². The summed E-state index contributed by atoms with van der Waals surface area (Å²) in [7, 11) is 0. The van der Waals surface area contributed by atoms with Gasteiger partial charge in [-0.2, -0.15) is 5.10 Å². The molecule has 1 N–H and O–H groups in total. The Morgan fingerprint density at radius 3 is 2.10 bits per heavy atom. The van der Waals surface area contributed by atoms with Crippen LogP contribution >= 0.6 is 0 Å². The predicted octanol–water partition coefficient (Wildman–Crippen LogP) is 4.79. The van der Waals surface area contributed by atoms with Crippen LogP contribution in [0, 0.1) is 0 Å². The van der Waals surface area contributed by atoms with Gasteiger partial charge in [0.15, 0.2) is 0 Å². The Bertz CT molecular complexity index is 1030. The molecule has 0 fully saturated rings. The number of nitrogens with zero attached hydrogens (tertiary/aromatic N) is 2. The van der Waals surface area contributed by atoms with Gasteiger partial charge >= 0.3 is 0 Å². The predicted molar refractivity (Wildman–Crippen MR) is 117 cm³/mol. The number of anilines is 1. The highest BCUT2D eigenvalue weighted by Gasteiger charge is 2.18. The number of hydrogen-bond acceptors (Lipinski definition) is 3. The molecular formula is C24H27N3O2. The van der Waals surface area contributed by atoms with Crippen molar-refractivity contribution in [1.29, 1.82) is 0 Å². The van der Waals surface area contributed by atoms with Gasteiger partial charge in [-0.1, -0.05) is 76.2 Å². The van der Waals surface area contributed by atoms with Gasteiger partial charge in [0.1, 0.15) is 5.69 Å².